The van der Waals surface area contributed by atoms with Crippen LogP contribution in [-0.4, -0.2) is 48.7 Å². The number of para-hydroxylation sites is 4. The van der Waals surface area contributed by atoms with Gasteiger partial charge in [0, 0.05) is 12.6 Å². The van der Waals surface area contributed by atoms with Crippen LogP contribution in [0.4, 0.5) is 5.69 Å². The molecule has 0 fully saturated rings. The topological polar surface area (TPSA) is 94.2 Å². The number of nitrogens with one attached hydrogen (secondary N) is 1. The van der Waals surface area contributed by atoms with E-state index in [1.54, 1.807) is 56.5 Å². The molecule has 3 aromatic rings. The molecule has 0 spiro atoms. The van der Waals surface area contributed by atoms with Crippen molar-refractivity contribution in [3.8, 4) is 17.2 Å². The van der Waals surface area contributed by atoms with Crippen LogP contribution in [-0.2, 0) is 10.0 Å². The predicted octanol–water partition coefficient (Wildman–Crippen LogP) is 3.65. The number of rotatable bonds is 10. The van der Waals surface area contributed by atoms with Crippen LogP contribution in [0.2, 0.25) is 0 Å². The highest BCUT2D eigenvalue weighted by Gasteiger charge is 2.25. The summed E-state index contributed by atoms with van der Waals surface area (Å²) in [6.07, 6.45) is 0. The highest BCUT2D eigenvalue weighted by Crippen LogP contribution is 2.31. The van der Waals surface area contributed by atoms with Gasteiger partial charge in [-0.1, -0.05) is 30.3 Å². The van der Waals surface area contributed by atoms with E-state index in [-0.39, 0.29) is 23.6 Å². The number of anilines is 1. The van der Waals surface area contributed by atoms with Crippen molar-refractivity contribution < 1.29 is 27.4 Å². The molecule has 0 atom stereocenters. The molecular weight excluding hydrogens is 456 g/mol. The van der Waals surface area contributed by atoms with Crippen LogP contribution in [0, 0.1) is 6.92 Å². The molecule has 0 aliphatic rings. The van der Waals surface area contributed by atoms with Gasteiger partial charge in [0.05, 0.1) is 31.3 Å². The monoisotopic (exact) mass is 484 g/mol. The fraction of sp³-hybridized carbons (Fsp3) is 0.240. The molecule has 0 aromatic heterocycles. The van der Waals surface area contributed by atoms with Crippen molar-refractivity contribution in [1.29, 1.82) is 0 Å². The molecule has 0 saturated carbocycles. The summed E-state index contributed by atoms with van der Waals surface area (Å²) in [6, 6.07) is 18.5. The molecule has 3 rings (SSSR count). The van der Waals surface area contributed by atoms with Gasteiger partial charge in [0.2, 0.25) is 0 Å². The van der Waals surface area contributed by atoms with Gasteiger partial charge in [-0.15, -0.1) is 0 Å². The second-order valence-corrected chi connectivity index (χ2v) is 9.35. The molecule has 1 N–H and O–H groups in total. The van der Waals surface area contributed by atoms with Crippen LogP contribution in [0.15, 0.2) is 71.6 Å². The molecule has 180 valence electrons. The first-order chi connectivity index (χ1) is 16.3. The number of aryl methyl sites for hydroxylation is 1. The molecule has 0 radical (unpaired) electrons. The maximum atomic E-state index is 13.3. The van der Waals surface area contributed by atoms with Crippen molar-refractivity contribution in [2.24, 2.45) is 0 Å². The zero-order chi connectivity index (χ0) is 24.7. The number of amides is 1. The molecule has 0 bridgehead atoms. The van der Waals surface area contributed by atoms with Gasteiger partial charge in [0.25, 0.3) is 15.9 Å². The van der Waals surface area contributed by atoms with Crippen molar-refractivity contribution in [2.45, 2.75) is 11.8 Å². The number of sulfonamides is 1. The highest BCUT2D eigenvalue weighted by atomic mass is 32.2. The standard InChI is InChI=1S/C25H28N2O6S/c1-18-13-14-19(34(29,30)27(2)21-9-5-6-10-22(21)31-3)17-20(18)25(28)26-15-16-33-24-12-8-7-11-23(24)32-4/h5-14,17H,15-16H2,1-4H3,(H,26,28). The molecule has 0 saturated heterocycles. The maximum absolute atomic E-state index is 13.3. The second-order valence-electron chi connectivity index (χ2n) is 7.38. The first-order valence-electron chi connectivity index (χ1n) is 10.6. The van der Waals surface area contributed by atoms with Gasteiger partial charge in [-0.25, -0.2) is 8.42 Å². The highest BCUT2D eigenvalue weighted by molar-refractivity contribution is 7.92. The zero-order valence-electron chi connectivity index (χ0n) is 19.6. The summed E-state index contributed by atoms with van der Waals surface area (Å²) in [5.74, 6) is 1.21. The van der Waals surface area contributed by atoms with E-state index in [0.29, 0.717) is 28.5 Å². The normalized spacial score (nSPS) is 10.9. The molecule has 0 aliphatic heterocycles. The van der Waals surface area contributed by atoms with E-state index in [2.05, 4.69) is 5.32 Å². The Balaban J connectivity index is 1.73. The summed E-state index contributed by atoms with van der Waals surface area (Å²) in [4.78, 5) is 12.8. The lowest BCUT2D eigenvalue weighted by Gasteiger charge is -2.22. The number of methoxy groups -OCH3 is 2. The molecule has 0 unspecified atom stereocenters. The van der Waals surface area contributed by atoms with E-state index < -0.39 is 15.9 Å². The van der Waals surface area contributed by atoms with Gasteiger partial charge in [0.1, 0.15) is 12.4 Å². The van der Waals surface area contributed by atoms with Gasteiger partial charge < -0.3 is 19.5 Å². The Labute approximate surface area is 200 Å². The fourth-order valence-electron chi connectivity index (χ4n) is 3.34. The Morgan fingerprint density at radius 1 is 0.912 bits per heavy atom. The number of benzene rings is 3. The molecule has 34 heavy (non-hydrogen) atoms. The van der Waals surface area contributed by atoms with Crippen molar-refractivity contribution in [2.75, 3.05) is 38.7 Å². The third-order valence-corrected chi connectivity index (χ3v) is 7.02. The molecular formula is C25H28N2O6S. The summed E-state index contributed by atoms with van der Waals surface area (Å²) >= 11 is 0. The minimum Gasteiger partial charge on any atom is -0.495 e. The van der Waals surface area contributed by atoms with E-state index in [1.165, 1.54) is 26.3 Å². The zero-order valence-corrected chi connectivity index (χ0v) is 20.4. The smallest absolute Gasteiger partial charge is 0.264 e. The Morgan fingerprint density at radius 3 is 2.21 bits per heavy atom. The van der Waals surface area contributed by atoms with Crippen molar-refractivity contribution >= 4 is 21.6 Å². The SMILES string of the molecule is COc1ccccc1OCCNC(=O)c1cc(S(=O)(=O)N(C)c2ccccc2OC)ccc1C. The van der Waals surface area contributed by atoms with E-state index in [1.807, 2.05) is 12.1 Å². The summed E-state index contributed by atoms with van der Waals surface area (Å²) in [6.45, 7) is 2.20. The number of carbonyl (C=O) groups excluding carboxylic acids is 1. The molecule has 9 heteroatoms. The lowest BCUT2D eigenvalue weighted by molar-refractivity contribution is 0.0946. The van der Waals surface area contributed by atoms with Gasteiger partial charge >= 0.3 is 0 Å². The number of nitrogens with zero attached hydrogens (tertiary/aromatic N) is 1. The van der Waals surface area contributed by atoms with Crippen LogP contribution in [0.1, 0.15) is 15.9 Å². The maximum Gasteiger partial charge on any atom is 0.264 e. The van der Waals surface area contributed by atoms with E-state index in [4.69, 9.17) is 14.2 Å². The number of carbonyl (C=O) groups is 1. The average molecular weight is 485 g/mol. The summed E-state index contributed by atoms with van der Waals surface area (Å²) in [5.41, 5.74) is 1.32. The van der Waals surface area contributed by atoms with Crippen LogP contribution in [0.5, 0.6) is 17.2 Å². The van der Waals surface area contributed by atoms with Gasteiger partial charge in [-0.2, -0.15) is 0 Å². The molecule has 3 aromatic carbocycles. The minimum atomic E-state index is -3.93. The Hall–Kier alpha value is -3.72. The molecule has 0 heterocycles. The Bertz CT molecular complexity index is 1260. The molecule has 1 amide bonds. The van der Waals surface area contributed by atoms with Gasteiger partial charge in [-0.3, -0.25) is 9.10 Å². The summed E-state index contributed by atoms with van der Waals surface area (Å²) in [7, 11) is 0.547. The van der Waals surface area contributed by atoms with Gasteiger partial charge in [0.15, 0.2) is 11.5 Å². The van der Waals surface area contributed by atoms with Crippen molar-refractivity contribution in [1.82, 2.24) is 5.32 Å². The van der Waals surface area contributed by atoms with E-state index in [0.717, 1.165) is 4.31 Å². The second kappa shape index (κ2) is 10.9. The lowest BCUT2D eigenvalue weighted by Crippen LogP contribution is -2.30. The Morgan fingerprint density at radius 2 is 1.53 bits per heavy atom. The molecule has 0 aliphatic carbocycles. The summed E-state index contributed by atoms with van der Waals surface area (Å²) in [5, 5.41) is 2.77. The number of hydrogen-bond donors (Lipinski definition) is 1. The van der Waals surface area contributed by atoms with Gasteiger partial charge in [-0.05, 0) is 48.9 Å². The van der Waals surface area contributed by atoms with Crippen molar-refractivity contribution in [3.63, 3.8) is 0 Å². The average Bonchev–Trinajstić information content (AvgIpc) is 2.86. The van der Waals surface area contributed by atoms with Crippen LogP contribution in [0.3, 0.4) is 0 Å². The third kappa shape index (κ3) is 5.43. The third-order valence-electron chi connectivity index (χ3n) is 5.25. The lowest BCUT2D eigenvalue weighted by atomic mass is 10.1. The van der Waals surface area contributed by atoms with Crippen LogP contribution < -0.4 is 23.8 Å². The van der Waals surface area contributed by atoms with Crippen LogP contribution in [0.25, 0.3) is 0 Å². The van der Waals surface area contributed by atoms with Crippen LogP contribution >= 0.6 is 0 Å². The van der Waals surface area contributed by atoms with E-state index >= 15 is 0 Å². The fourth-order valence-corrected chi connectivity index (χ4v) is 4.58. The first kappa shape index (κ1) is 24.9. The van der Waals surface area contributed by atoms with Crippen molar-refractivity contribution in [3.05, 3.63) is 77.9 Å². The minimum absolute atomic E-state index is 0.00179. The number of hydrogen-bond acceptors (Lipinski definition) is 6. The quantitative estimate of drug-likeness (QED) is 0.442. The first-order valence-corrected chi connectivity index (χ1v) is 12.0. The predicted molar refractivity (Wildman–Crippen MR) is 131 cm³/mol. The van der Waals surface area contributed by atoms with E-state index in [9.17, 15) is 13.2 Å². The Kier molecular flexibility index (Phi) is 8.01. The summed E-state index contributed by atoms with van der Waals surface area (Å²) < 4.78 is 43.9. The number of ether oxygens (including phenoxy) is 3. The largest absolute Gasteiger partial charge is 0.495 e. The molecule has 8 nitrogen and oxygen atoms in total.